The number of para-hydroxylation sites is 1. The SMILES string of the molecule is O=C(NCc1ccc2c(c1)OCO2)C1(NS(=O)(=O)c2cccc3cccnc23)CCCCC1. The number of carbonyl (C=O) groups excluding carboxylic acids is 1. The van der Waals surface area contributed by atoms with Gasteiger partial charge in [0.1, 0.15) is 10.4 Å². The van der Waals surface area contributed by atoms with Crippen LogP contribution in [0.3, 0.4) is 0 Å². The number of nitrogens with zero attached hydrogens (tertiary/aromatic N) is 1. The van der Waals surface area contributed by atoms with E-state index < -0.39 is 15.6 Å². The van der Waals surface area contributed by atoms with Crippen LogP contribution >= 0.6 is 0 Å². The maximum absolute atomic E-state index is 13.5. The second-order valence-corrected chi connectivity index (χ2v) is 10.1. The summed E-state index contributed by atoms with van der Waals surface area (Å²) in [7, 11) is -3.99. The lowest BCUT2D eigenvalue weighted by Gasteiger charge is -2.36. The molecule has 1 aliphatic carbocycles. The molecule has 2 heterocycles. The molecule has 1 fully saturated rings. The van der Waals surface area contributed by atoms with E-state index in [0.717, 1.165) is 30.2 Å². The number of aromatic nitrogens is 1. The Balaban J connectivity index is 1.39. The van der Waals surface area contributed by atoms with Crippen LogP contribution in [0.2, 0.25) is 0 Å². The molecule has 0 saturated heterocycles. The minimum atomic E-state index is -3.99. The molecule has 2 N–H and O–H groups in total. The van der Waals surface area contributed by atoms with Crippen LogP contribution < -0.4 is 19.5 Å². The fourth-order valence-electron chi connectivity index (χ4n) is 4.54. The number of fused-ring (bicyclic) bond motifs is 2. The summed E-state index contributed by atoms with van der Waals surface area (Å²) in [6.07, 6.45) is 4.96. The molecule has 172 valence electrons. The summed E-state index contributed by atoms with van der Waals surface area (Å²) in [6, 6.07) is 14.1. The van der Waals surface area contributed by atoms with Gasteiger partial charge in [0.05, 0.1) is 5.52 Å². The predicted octanol–water partition coefficient (Wildman–Crippen LogP) is 3.26. The first kappa shape index (κ1) is 21.7. The van der Waals surface area contributed by atoms with Crippen LogP contribution in [0.4, 0.5) is 0 Å². The molecule has 0 bridgehead atoms. The zero-order chi connectivity index (χ0) is 22.9. The lowest BCUT2D eigenvalue weighted by molar-refractivity contribution is -0.128. The van der Waals surface area contributed by atoms with Crippen molar-refractivity contribution in [3.05, 3.63) is 60.3 Å². The van der Waals surface area contributed by atoms with Crippen LogP contribution in [0.15, 0.2) is 59.6 Å². The molecule has 3 aromatic rings. The Kier molecular flexibility index (Phi) is 5.67. The van der Waals surface area contributed by atoms with Gasteiger partial charge in [-0.2, -0.15) is 4.72 Å². The third kappa shape index (κ3) is 4.26. The topological polar surface area (TPSA) is 107 Å². The summed E-state index contributed by atoms with van der Waals surface area (Å²) in [6.45, 7) is 0.438. The minimum absolute atomic E-state index is 0.0779. The Morgan fingerprint density at radius 2 is 1.79 bits per heavy atom. The molecule has 5 rings (SSSR count). The fourth-order valence-corrected chi connectivity index (χ4v) is 6.14. The summed E-state index contributed by atoms with van der Waals surface area (Å²) >= 11 is 0. The van der Waals surface area contributed by atoms with Crippen molar-refractivity contribution >= 4 is 26.8 Å². The molecule has 1 amide bonds. The standard InChI is InChI=1S/C24H25N3O5S/c28-23(26-15-17-9-10-19-20(14-17)32-16-31-19)24(11-2-1-3-12-24)27-33(29,30)21-8-4-6-18-7-5-13-25-22(18)21/h4-10,13-14,27H,1-3,11-12,15-16H2,(H,26,28). The van der Waals surface area contributed by atoms with E-state index in [1.807, 2.05) is 24.3 Å². The first-order chi connectivity index (χ1) is 16.0. The monoisotopic (exact) mass is 467 g/mol. The summed E-state index contributed by atoms with van der Waals surface area (Å²) in [5.41, 5.74) is 0.0311. The van der Waals surface area contributed by atoms with E-state index in [1.165, 1.54) is 6.07 Å². The van der Waals surface area contributed by atoms with Gasteiger partial charge in [0.25, 0.3) is 0 Å². The molecule has 0 atom stereocenters. The first-order valence-corrected chi connectivity index (χ1v) is 12.5. The second-order valence-electron chi connectivity index (χ2n) is 8.45. The molecule has 2 aromatic carbocycles. The lowest BCUT2D eigenvalue weighted by atomic mass is 9.82. The van der Waals surface area contributed by atoms with Crippen LogP contribution in [0.1, 0.15) is 37.7 Å². The number of rotatable bonds is 6. The van der Waals surface area contributed by atoms with Gasteiger partial charge in [-0.05, 0) is 42.7 Å². The molecule has 1 saturated carbocycles. The summed E-state index contributed by atoms with van der Waals surface area (Å²) < 4.78 is 40.4. The van der Waals surface area contributed by atoms with Gasteiger partial charge < -0.3 is 14.8 Å². The highest BCUT2D eigenvalue weighted by atomic mass is 32.2. The van der Waals surface area contributed by atoms with E-state index in [4.69, 9.17) is 9.47 Å². The van der Waals surface area contributed by atoms with E-state index in [0.29, 0.717) is 29.9 Å². The van der Waals surface area contributed by atoms with Crippen molar-refractivity contribution in [3.8, 4) is 11.5 Å². The third-order valence-electron chi connectivity index (χ3n) is 6.25. The number of pyridine rings is 1. The van der Waals surface area contributed by atoms with Gasteiger partial charge in [0.2, 0.25) is 22.7 Å². The Labute approximate surface area is 192 Å². The van der Waals surface area contributed by atoms with Crippen LogP contribution in [0.5, 0.6) is 11.5 Å². The highest BCUT2D eigenvalue weighted by molar-refractivity contribution is 7.89. The Hall–Kier alpha value is -3.17. The van der Waals surface area contributed by atoms with Gasteiger partial charge in [-0.25, -0.2) is 8.42 Å². The van der Waals surface area contributed by atoms with Gasteiger partial charge in [-0.3, -0.25) is 9.78 Å². The molecular weight excluding hydrogens is 442 g/mol. The average molecular weight is 468 g/mol. The van der Waals surface area contributed by atoms with Crippen molar-refractivity contribution in [1.82, 2.24) is 15.0 Å². The molecular formula is C24H25N3O5S. The molecule has 2 aliphatic rings. The number of nitrogens with one attached hydrogen (secondary N) is 2. The van der Waals surface area contributed by atoms with Gasteiger partial charge in [-0.15, -0.1) is 0 Å². The molecule has 8 nitrogen and oxygen atoms in total. The smallest absolute Gasteiger partial charge is 0.243 e. The molecule has 0 radical (unpaired) electrons. The van der Waals surface area contributed by atoms with Crippen LogP contribution in [-0.4, -0.2) is 31.6 Å². The van der Waals surface area contributed by atoms with Crippen molar-refractivity contribution in [2.24, 2.45) is 0 Å². The Morgan fingerprint density at radius 3 is 2.64 bits per heavy atom. The first-order valence-electron chi connectivity index (χ1n) is 11.0. The van der Waals surface area contributed by atoms with Gasteiger partial charge in [0.15, 0.2) is 11.5 Å². The zero-order valence-electron chi connectivity index (χ0n) is 18.0. The summed E-state index contributed by atoms with van der Waals surface area (Å²) in [5.74, 6) is 0.986. The zero-order valence-corrected chi connectivity index (χ0v) is 18.9. The number of hydrogen-bond donors (Lipinski definition) is 2. The molecule has 0 unspecified atom stereocenters. The molecule has 1 aromatic heterocycles. The number of carbonyl (C=O) groups is 1. The Bertz CT molecular complexity index is 1300. The van der Waals surface area contributed by atoms with E-state index in [9.17, 15) is 13.2 Å². The number of ether oxygens (including phenoxy) is 2. The van der Waals surface area contributed by atoms with E-state index in [1.54, 1.807) is 24.4 Å². The molecule has 0 spiro atoms. The molecule has 1 aliphatic heterocycles. The number of sulfonamides is 1. The lowest BCUT2D eigenvalue weighted by Crippen LogP contribution is -2.59. The highest BCUT2D eigenvalue weighted by Crippen LogP contribution is 2.34. The molecule has 9 heteroatoms. The quantitative estimate of drug-likeness (QED) is 0.576. The normalized spacial score (nSPS) is 17.1. The summed E-state index contributed by atoms with van der Waals surface area (Å²) in [5, 5.41) is 3.66. The van der Waals surface area contributed by atoms with Gasteiger partial charge in [-0.1, -0.05) is 43.5 Å². The predicted molar refractivity (Wildman–Crippen MR) is 122 cm³/mol. The number of benzene rings is 2. The highest BCUT2D eigenvalue weighted by Gasteiger charge is 2.43. The Morgan fingerprint density at radius 1 is 1.00 bits per heavy atom. The maximum atomic E-state index is 13.5. The van der Waals surface area contributed by atoms with Gasteiger partial charge in [0, 0.05) is 18.1 Å². The number of amides is 1. The maximum Gasteiger partial charge on any atom is 0.243 e. The van der Waals surface area contributed by atoms with Crippen molar-refractivity contribution < 1.29 is 22.7 Å². The van der Waals surface area contributed by atoms with Crippen molar-refractivity contribution in [3.63, 3.8) is 0 Å². The van der Waals surface area contributed by atoms with Crippen LogP contribution in [0, 0.1) is 0 Å². The van der Waals surface area contributed by atoms with Crippen molar-refractivity contribution in [1.29, 1.82) is 0 Å². The van der Waals surface area contributed by atoms with E-state index >= 15 is 0 Å². The van der Waals surface area contributed by atoms with Gasteiger partial charge >= 0.3 is 0 Å². The van der Waals surface area contributed by atoms with Crippen molar-refractivity contribution in [2.45, 2.75) is 49.1 Å². The number of hydrogen-bond acceptors (Lipinski definition) is 6. The van der Waals surface area contributed by atoms with E-state index in [2.05, 4.69) is 15.0 Å². The fraction of sp³-hybridized carbons (Fsp3) is 0.333. The van der Waals surface area contributed by atoms with E-state index in [-0.39, 0.29) is 24.1 Å². The molecule has 33 heavy (non-hydrogen) atoms. The largest absolute Gasteiger partial charge is 0.454 e. The summed E-state index contributed by atoms with van der Waals surface area (Å²) in [4.78, 5) is 17.7. The van der Waals surface area contributed by atoms with Crippen LogP contribution in [0.25, 0.3) is 10.9 Å². The minimum Gasteiger partial charge on any atom is -0.454 e. The van der Waals surface area contributed by atoms with Crippen LogP contribution in [-0.2, 0) is 21.4 Å². The average Bonchev–Trinajstić information content (AvgIpc) is 3.30. The third-order valence-corrected chi connectivity index (χ3v) is 7.81. The second kappa shape index (κ2) is 8.64. The van der Waals surface area contributed by atoms with Crippen molar-refractivity contribution in [2.75, 3.05) is 6.79 Å².